The van der Waals surface area contributed by atoms with Gasteiger partial charge in [-0.25, -0.2) is 0 Å². The van der Waals surface area contributed by atoms with Gasteiger partial charge >= 0.3 is 0 Å². The summed E-state index contributed by atoms with van der Waals surface area (Å²) in [5.41, 5.74) is 5.91. The molecule has 0 N–H and O–H groups in total. The van der Waals surface area contributed by atoms with Crippen LogP contribution in [0.3, 0.4) is 0 Å². The molecule has 0 nitrogen and oxygen atoms in total. The zero-order chi connectivity index (χ0) is 13.3. The Balaban J connectivity index is 2.51. The van der Waals surface area contributed by atoms with Gasteiger partial charge in [0.2, 0.25) is 0 Å². The lowest BCUT2D eigenvalue weighted by atomic mass is 9.83. The average Bonchev–Trinajstić information content (AvgIpc) is 2.48. The summed E-state index contributed by atoms with van der Waals surface area (Å²) in [6.07, 6.45) is 8.00. The highest BCUT2D eigenvalue weighted by molar-refractivity contribution is 5.70. The first-order chi connectivity index (χ1) is 8.38. The predicted molar refractivity (Wildman–Crippen MR) is 81.6 cm³/mol. The molecule has 0 heterocycles. The van der Waals surface area contributed by atoms with Crippen LogP contribution in [0.2, 0.25) is 0 Å². The Kier molecular flexibility index (Phi) is 3.47. The standard InChI is InChI=1S/C18H24/c1-13(2)15-10-9-14-7-6-8-17(18(3,4)5)12-16(14)11-15/h6-7,9-13H,8H2,1-5H3. The molecular weight excluding hydrogens is 216 g/mol. The van der Waals surface area contributed by atoms with E-state index in [1.165, 1.54) is 22.3 Å². The van der Waals surface area contributed by atoms with Gasteiger partial charge in [0.15, 0.2) is 0 Å². The molecule has 0 saturated carbocycles. The Morgan fingerprint density at radius 3 is 2.39 bits per heavy atom. The Bertz CT molecular complexity index is 493. The van der Waals surface area contributed by atoms with Crippen molar-refractivity contribution >= 4 is 12.2 Å². The monoisotopic (exact) mass is 240 g/mol. The molecule has 1 aromatic carbocycles. The zero-order valence-corrected chi connectivity index (χ0v) is 12.2. The van der Waals surface area contributed by atoms with Crippen molar-refractivity contribution in [1.29, 1.82) is 0 Å². The normalized spacial score (nSPS) is 15.3. The van der Waals surface area contributed by atoms with Gasteiger partial charge in [-0.3, -0.25) is 0 Å². The first-order valence-corrected chi connectivity index (χ1v) is 6.89. The molecule has 1 aliphatic carbocycles. The largest absolute Gasteiger partial charge is 0.0798 e. The summed E-state index contributed by atoms with van der Waals surface area (Å²) in [6.45, 7) is 11.4. The van der Waals surface area contributed by atoms with E-state index in [0.717, 1.165) is 6.42 Å². The van der Waals surface area contributed by atoms with Crippen molar-refractivity contribution in [3.05, 3.63) is 46.5 Å². The number of rotatable bonds is 1. The Hall–Kier alpha value is -1.30. The molecule has 0 amide bonds. The van der Waals surface area contributed by atoms with Gasteiger partial charge in [0.1, 0.15) is 0 Å². The molecule has 1 aliphatic rings. The molecule has 0 fully saturated rings. The summed E-state index contributed by atoms with van der Waals surface area (Å²) in [5, 5.41) is 0. The fourth-order valence-electron chi connectivity index (χ4n) is 2.31. The SMILES string of the molecule is CC(C)c1ccc2c(c1)C=C(C(C)(C)C)CC=C2. The van der Waals surface area contributed by atoms with Crippen LogP contribution in [0.1, 0.15) is 63.6 Å². The number of benzene rings is 1. The van der Waals surface area contributed by atoms with E-state index in [2.05, 4.69) is 71.0 Å². The van der Waals surface area contributed by atoms with Crippen LogP contribution in [0, 0.1) is 5.41 Å². The second kappa shape index (κ2) is 4.76. The van der Waals surface area contributed by atoms with Crippen molar-refractivity contribution in [3.8, 4) is 0 Å². The van der Waals surface area contributed by atoms with Crippen LogP contribution >= 0.6 is 0 Å². The van der Waals surface area contributed by atoms with Gasteiger partial charge in [0, 0.05) is 0 Å². The number of allylic oxidation sites excluding steroid dienone is 2. The van der Waals surface area contributed by atoms with Gasteiger partial charge in [-0.2, -0.15) is 0 Å². The second-order valence-electron chi connectivity index (χ2n) is 6.57. The second-order valence-corrected chi connectivity index (χ2v) is 6.57. The van der Waals surface area contributed by atoms with E-state index in [1.807, 2.05) is 0 Å². The van der Waals surface area contributed by atoms with Crippen molar-refractivity contribution in [2.45, 2.75) is 47.0 Å². The van der Waals surface area contributed by atoms with Crippen molar-refractivity contribution in [3.63, 3.8) is 0 Å². The summed E-state index contributed by atoms with van der Waals surface area (Å²) in [5.74, 6) is 0.592. The maximum Gasteiger partial charge on any atom is -0.0127 e. The zero-order valence-electron chi connectivity index (χ0n) is 12.2. The quantitative estimate of drug-likeness (QED) is 0.594. The highest BCUT2D eigenvalue weighted by Crippen LogP contribution is 2.34. The molecule has 0 spiro atoms. The molecule has 0 heteroatoms. The van der Waals surface area contributed by atoms with Crippen molar-refractivity contribution < 1.29 is 0 Å². The molecule has 0 aliphatic heterocycles. The van der Waals surface area contributed by atoms with Crippen LogP contribution in [0.4, 0.5) is 0 Å². The Morgan fingerprint density at radius 1 is 1.06 bits per heavy atom. The summed E-state index contributed by atoms with van der Waals surface area (Å²) < 4.78 is 0. The molecule has 96 valence electrons. The third kappa shape index (κ3) is 2.75. The van der Waals surface area contributed by atoms with E-state index in [4.69, 9.17) is 0 Å². The van der Waals surface area contributed by atoms with Crippen LogP contribution in [0.25, 0.3) is 12.2 Å². The maximum absolute atomic E-state index is 2.39. The highest BCUT2D eigenvalue weighted by Gasteiger charge is 2.17. The summed E-state index contributed by atoms with van der Waals surface area (Å²) >= 11 is 0. The smallest absolute Gasteiger partial charge is 0.0127 e. The van der Waals surface area contributed by atoms with Gasteiger partial charge < -0.3 is 0 Å². The van der Waals surface area contributed by atoms with Gasteiger partial charge in [-0.1, -0.05) is 76.6 Å². The molecule has 1 aromatic rings. The van der Waals surface area contributed by atoms with E-state index in [-0.39, 0.29) is 5.41 Å². The molecule has 18 heavy (non-hydrogen) atoms. The summed E-state index contributed by atoms with van der Waals surface area (Å²) in [6, 6.07) is 6.86. The summed E-state index contributed by atoms with van der Waals surface area (Å²) in [4.78, 5) is 0. The lowest BCUT2D eigenvalue weighted by molar-refractivity contribution is 0.498. The minimum Gasteiger partial charge on any atom is -0.0798 e. The fourth-order valence-corrected chi connectivity index (χ4v) is 2.31. The van der Waals surface area contributed by atoms with Crippen LogP contribution < -0.4 is 0 Å². The van der Waals surface area contributed by atoms with E-state index < -0.39 is 0 Å². The van der Waals surface area contributed by atoms with Crippen molar-refractivity contribution in [2.24, 2.45) is 5.41 Å². The van der Waals surface area contributed by atoms with Gasteiger partial charge in [0.25, 0.3) is 0 Å². The molecule has 0 unspecified atom stereocenters. The summed E-state index contributed by atoms with van der Waals surface area (Å²) in [7, 11) is 0. The predicted octanol–water partition coefficient (Wildman–Crippen LogP) is 5.66. The van der Waals surface area contributed by atoms with Gasteiger partial charge in [-0.15, -0.1) is 0 Å². The Labute approximate surface area is 111 Å². The molecule has 2 rings (SSSR count). The van der Waals surface area contributed by atoms with E-state index in [9.17, 15) is 0 Å². The lowest BCUT2D eigenvalue weighted by Gasteiger charge is -2.22. The topological polar surface area (TPSA) is 0 Å². The third-order valence-corrected chi connectivity index (χ3v) is 3.71. The van der Waals surface area contributed by atoms with Crippen molar-refractivity contribution in [1.82, 2.24) is 0 Å². The molecule has 0 radical (unpaired) electrons. The third-order valence-electron chi connectivity index (χ3n) is 3.71. The van der Waals surface area contributed by atoms with E-state index in [1.54, 1.807) is 0 Å². The lowest BCUT2D eigenvalue weighted by Crippen LogP contribution is -2.08. The maximum atomic E-state index is 2.39. The molecule has 0 saturated heterocycles. The van der Waals surface area contributed by atoms with Crippen LogP contribution in [-0.4, -0.2) is 0 Å². The molecule has 0 bridgehead atoms. The van der Waals surface area contributed by atoms with Crippen LogP contribution in [0.15, 0.2) is 29.8 Å². The van der Waals surface area contributed by atoms with E-state index >= 15 is 0 Å². The van der Waals surface area contributed by atoms with Crippen LogP contribution in [0.5, 0.6) is 0 Å². The van der Waals surface area contributed by atoms with Gasteiger partial charge in [-0.05, 0) is 34.4 Å². The van der Waals surface area contributed by atoms with Gasteiger partial charge in [0.05, 0.1) is 0 Å². The first kappa shape index (κ1) is 13.1. The number of hydrogen-bond acceptors (Lipinski definition) is 0. The number of hydrogen-bond donors (Lipinski definition) is 0. The molecule has 0 atom stereocenters. The van der Waals surface area contributed by atoms with E-state index in [0.29, 0.717) is 5.92 Å². The minimum atomic E-state index is 0.250. The molecule has 0 aromatic heterocycles. The number of fused-ring (bicyclic) bond motifs is 1. The first-order valence-electron chi connectivity index (χ1n) is 6.89. The molecular formula is C18H24. The highest BCUT2D eigenvalue weighted by atomic mass is 14.2. The van der Waals surface area contributed by atoms with Crippen molar-refractivity contribution in [2.75, 3.05) is 0 Å². The van der Waals surface area contributed by atoms with Crippen LogP contribution in [-0.2, 0) is 0 Å². The fraction of sp³-hybridized carbons (Fsp3) is 0.444. The average molecular weight is 240 g/mol. The Morgan fingerprint density at radius 2 is 1.78 bits per heavy atom. The minimum absolute atomic E-state index is 0.250.